The van der Waals surface area contributed by atoms with E-state index in [1.807, 2.05) is 0 Å². The summed E-state index contributed by atoms with van der Waals surface area (Å²) < 4.78 is 33.1. The maximum Gasteiger partial charge on any atom is 0.310 e. The van der Waals surface area contributed by atoms with Crippen molar-refractivity contribution in [1.29, 1.82) is 0 Å². The Hall–Kier alpha value is -0.700. The summed E-state index contributed by atoms with van der Waals surface area (Å²) in [7, 11) is -3.54. The molecule has 1 heterocycles. The summed E-state index contributed by atoms with van der Waals surface area (Å²) in [5, 5.41) is 8.66. The number of hydrogen-bond acceptors (Lipinski definition) is 5. The Morgan fingerprint density at radius 1 is 1.38 bits per heavy atom. The zero-order chi connectivity index (χ0) is 15.7. The molecule has 1 aliphatic rings. The van der Waals surface area contributed by atoms with E-state index in [2.05, 4.69) is 4.72 Å². The summed E-state index contributed by atoms with van der Waals surface area (Å²) in [6, 6.07) is 0. The minimum Gasteiger partial charge on any atom is -0.466 e. The Kier molecular flexibility index (Phi) is 8.16. The van der Waals surface area contributed by atoms with Crippen LogP contribution < -0.4 is 4.72 Å². The lowest BCUT2D eigenvalue weighted by Crippen LogP contribution is -2.47. The number of unbranched alkanes of at least 4 members (excludes halogenated alkanes) is 2. The van der Waals surface area contributed by atoms with E-state index in [4.69, 9.17) is 9.84 Å². The van der Waals surface area contributed by atoms with Gasteiger partial charge in [-0.2, -0.15) is 12.7 Å². The van der Waals surface area contributed by atoms with Crippen LogP contribution in [0.1, 0.15) is 39.0 Å². The van der Waals surface area contributed by atoms with Crippen LogP contribution in [-0.2, 0) is 19.7 Å². The standard InChI is InChI=1S/C13H26N2O5S/c1-2-20-13(17)12-7-6-9-15(11-12)21(18,19)14-8-4-3-5-10-16/h12,14,16H,2-11H2,1H3. The Bertz CT molecular complexity index is 413. The highest BCUT2D eigenvalue weighted by molar-refractivity contribution is 7.87. The molecule has 0 amide bonds. The van der Waals surface area contributed by atoms with Crippen molar-refractivity contribution in [1.82, 2.24) is 9.03 Å². The summed E-state index contributed by atoms with van der Waals surface area (Å²) in [6.07, 6.45) is 3.48. The molecular weight excluding hydrogens is 296 g/mol. The van der Waals surface area contributed by atoms with Gasteiger partial charge in [0.2, 0.25) is 0 Å². The maximum atomic E-state index is 12.2. The highest BCUT2D eigenvalue weighted by Crippen LogP contribution is 2.19. The second kappa shape index (κ2) is 9.34. The molecule has 2 N–H and O–H groups in total. The molecule has 1 fully saturated rings. The van der Waals surface area contributed by atoms with Crippen LogP contribution in [0.25, 0.3) is 0 Å². The van der Waals surface area contributed by atoms with Gasteiger partial charge in [0.15, 0.2) is 0 Å². The van der Waals surface area contributed by atoms with Gasteiger partial charge >= 0.3 is 5.97 Å². The van der Waals surface area contributed by atoms with Gasteiger partial charge in [0, 0.05) is 26.2 Å². The molecule has 0 radical (unpaired) electrons. The van der Waals surface area contributed by atoms with Gasteiger partial charge in [-0.15, -0.1) is 0 Å². The monoisotopic (exact) mass is 322 g/mol. The van der Waals surface area contributed by atoms with Crippen molar-refractivity contribution in [2.75, 3.05) is 32.8 Å². The van der Waals surface area contributed by atoms with E-state index in [9.17, 15) is 13.2 Å². The average Bonchev–Trinajstić information content (AvgIpc) is 2.47. The topological polar surface area (TPSA) is 95.9 Å². The number of nitrogens with one attached hydrogen (secondary N) is 1. The molecule has 1 unspecified atom stereocenters. The van der Waals surface area contributed by atoms with Crippen molar-refractivity contribution in [2.45, 2.75) is 39.0 Å². The number of piperidine rings is 1. The van der Waals surface area contributed by atoms with Gasteiger partial charge in [0.25, 0.3) is 10.2 Å². The summed E-state index contributed by atoms with van der Waals surface area (Å²) in [6.45, 7) is 3.14. The van der Waals surface area contributed by atoms with E-state index < -0.39 is 10.2 Å². The van der Waals surface area contributed by atoms with Crippen molar-refractivity contribution < 1.29 is 23.1 Å². The predicted molar refractivity (Wildman–Crippen MR) is 78.8 cm³/mol. The van der Waals surface area contributed by atoms with Gasteiger partial charge in [-0.1, -0.05) is 0 Å². The summed E-state index contributed by atoms with van der Waals surface area (Å²) >= 11 is 0. The normalized spacial score (nSPS) is 20.4. The Balaban J connectivity index is 2.44. The van der Waals surface area contributed by atoms with Crippen LogP contribution in [0.3, 0.4) is 0 Å². The van der Waals surface area contributed by atoms with E-state index in [-0.39, 0.29) is 25.0 Å². The molecule has 1 atom stereocenters. The maximum absolute atomic E-state index is 12.2. The molecule has 0 bridgehead atoms. The van der Waals surface area contributed by atoms with Crippen molar-refractivity contribution in [2.24, 2.45) is 5.92 Å². The fraction of sp³-hybridized carbons (Fsp3) is 0.923. The Morgan fingerprint density at radius 3 is 2.81 bits per heavy atom. The second-order valence-electron chi connectivity index (χ2n) is 5.13. The van der Waals surface area contributed by atoms with E-state index >= 15 is 0 Å². The van der Waals surface area contributed by atoms with E-state index in [0.29, 0.717) is 45.4 Å². The molecule has 0 aliphatic carbocycles. The second-order valence-corrected chi connectivity index (χ2v) is 6.89. The SMILES string of the molecule is CCOC(=O)C1CCCN(S(=O)(=O)NCCCCCO)C1. The van der Waals surface area contributed by atoms with Crippen LogP contribution in [0.15, 0.2) is 0 Å². The number of aliphatic hydroxyl groups is 1. The number of carbonyl (C=O) groups excluding carboxylic acids is 1. The van der Waals surface area contributed by atoms with Crippen LogP contribution in [-0.4, -0.2) is 56.6 Å². The first-order valence-corrected chi connectivity index (χ1v) is 8.97. The highest BCUT2D eigenvalue weighted by Gasteiger charge is 2.32. The first-order chi connectivity index (χ1) is 10.0. The average molecular weight is 322 g/mol. The molecule has 0 aromatic rings. The lowest BCUT2D eigenvalue weighted by Gasteiger charge is -2.30. The number of esters is 1. The molecule has 0 aromatic carbocycles. The number of carbonyl (C=O) groups is 1. The lowest BCUT2D eigenvalue weighted by atomic mass is 10.0. The van der Waals surface area contributed by atoms with Gasteiger partial charge in [0.1, 0.15) is 0 Å². The van der Waals surface area contributed by atoms with Gasteiger partial charge < -0.3 is 9.84 Å². The molecule has 0 spiro atoms. The summed E-state index contributed by atoms with van der Waals surface area (Å²) in [5.74, 6) is -0.690. The van der Waals surface area contributed by atoms with Crippen LogP contribution in [0, 0.1) is 5.92 Å². The number of rotatable bonds is 9. The number of hydrogen-bond donors (Lipinski definition) is 2. The molecule has 21 heavy (non-hydrogen) atoms. The third-order valence-electron chi connectivity index (χ3n) is 3.46. The number of nitrogens with zero attached hydrogens (tertiary/aromatic N) is 1. The smallest absolute Gasteiger partial charge is 0.310 e. The summed E-state index contributed by atoms with van der Waals surface area (Å²) in [4.78, 5) is 11.7. The van der Waals surface area contributed by atoms with Gasteiger partial charge in [0.05, 0.1) is 12.5 Å². The van der Waals surface area contributed by atoms with Crippen molar-refractivity contribution in [3.63, 3.8) is 0 Å². The van der Waals surface area contributed by atoms with E-state index in [1.54, 1.807) is 6.92 Å². The van der Waals surface area contributed by atoms with Gasteiger partial charge in [-0.05, 0) is 39.0 Å². The minimum absolute atomic E-state index is 0.125. The highest BCUT2D eigenvalue weighted by atomic mass is 32.2. The first kappa shape index (κ1) is 18.3. The van der Waals surface area contributed by atoms with Crippen LogP contribution in [0.2, 0.25) is 0 Å². The van der Waals surface area contributed by atoms with E-state index in [1.165, 1.54) is 4.31 Å². The molecule has 1 saturated heterocycles. The fourth-order valence-corrected chi connectivity index (χ4v) is 3.65. The third-order valence-corrected chi connectivity index (χ3v) is 5.04. The molecule has 1 rings (SSSR count). The third kappa shape index (κ3) is 6.29. The van der Waals surface area contributed by atoms with Gasteiger partial charge in [-0.3, -0.25) is 4.79 Å². The summed E-state index contributed by atoms with van der Waals surface area (Å²) in [5.41, 5.74) is 0. The number of aliphatic hydroxyl groups excluding tert-OH is 1. The van der Waals surface area contributed by atoms with Gasteiger partial charge in [-0.25, -0.2) is 4.72 Å². The van der Waals surface area contributed by atoms with Crippen molar-refractivity contribution in [3.05, 3.63) is 0 Å². The van der Waals surface area contributed by atoms with Crippen LogP contribution in [0.4, 0.5) is 0 Å². The Labute approximate surface area is 126 Å². The minimum atomic E-state index is -3.54. The van der Waals surface area contributed by atoms with E-state index in [0.717, 1.165) is 6.42 Å². The zero-order valence-electron chi connectivity index (χ0n) is 12.6. The fourth-order valence-electron chi connectivity index (χ4n) is 2.32. The molecule has 0 saturated carbocycles. The van der Waals surface area contributed by atoms with Crippen LogP contribution >= 0.6 is 0 Å². The van der Waals surface area contributed by atoms with Crippen molar-refractivity contribution in [3.8, 4) is 0 Å². The first-order valence-electron chi connectivity index (χ1n) is 7.53. The quantitative estimate of drug-likeness (QED) is 0.469. The molecule has 124 valence electrons. The zero-order valence-corrected chi connectivity index (χ0v) is 13.4. The predicted octanol–water partition coefficient (Wildman–Crippen LogP) is 0.259. The molecule has 7 nitrogen and oxygen atoms in total. The molecular formula is C13H26N2O5S. The largest absolute Gasteiger partial charge is 0.466 e. The Morgan fingerprint density at radius 2 is 2.14 bits per heavy atom. The molecule has 0 aromatic heterocycles. The molecule has 8 heteroatoms. The van der Waals surface area contributed by atoms with Crippen molar-refractivity contribution >= 4 is 16.2 Å². The molecule has 1 aliphatic heterocycles. The lowest BCUT2D eigenvalue weighted by molar-refractivity contribution is -0.149. The number of ether oxygens (including phenoxy) is 1. The van der Waals surface area contributed by atoms with Crippen LogP contribution in [0.5, 0.6) is 0 Å².